The third kappa shape index (κ3) is 3.42. The summed E-state index contributed by atoms with van der Waals surface area (Å²) in [6.45, 7) is 1.89. The lowest BCUT2D eigenvalue weighted by atomic mass is 10.2. The van der Waals surface area contributed by atoms with Crippen molar-refractivity contribution in [2.24, 2.45) is 0 Å². The van der Waals surface area contributed by atoms with Crippen molar-refractivity contribution in [2.75, 3.05) is 12.4 Å². The molecule has 2 aromatic heterocycles. The van der Waals surface area contributed by atoms with Crippen molar-refractivity contribution in [2.45, 2.75) is 6.92 Å². The van der Waals surface area contributed by atoms with Gasteiger partial charge in [0, 0.05) is 41.5 Å². The average molecular weight is 310 g/mol. The Hall–Kier alpha value is -3.02. The Labute approximate surface area is 133 Å². The lowest BCUT2D eigenvalue weighted by molar-refractivity contribution is 0.387. The Bertz CT molecular complexity index is 824. The summed E-state index contributed by atoms with van der Waals surface area (Å²) in [6.07, 6.45) is 3.41. The van der Waals surface area contributed by atoms with Crippen molar-refractivity contribution in [3.8, 4) is 17.1 Å². The summed E-state index contributed by atoms with van der Waals surface area (Å²) in [7, 11) is 1.43. The van der Waals surface area contributed by atoms with Crippen LogP contribution in [0.1, 0.15) is 5.69 Å². The molecule has 3 aromatic rings. The van der Waals surface area contributed by atoms with Crippen molar-refractivity contribution < 1.29 is 9.13 Å². The van der Waals surface area contributed by atoms with Crippen LogP contribution in [0.3, 0.4) is 0 Å². The highest BCUT2D eigenvalue weighted by molar-refractivity contribution is 5.62. The molecule has 0 saturated heterocycles. The van der Waals surface area contributed by atoms with Gasteiger partial charge in [0.05, 0.1) is 7.11 Å². The van der Waals surface area contributed by atoms with E-state index >= 15 is 0 Å². The van der Waals surface area contributed by atoms with E-state index in [-0.39, 0.29) is 5.75 Å². The van der Waals surface area contributed by atoms with Gasteiger partial charge < -0.3 is 10.1 Å². The highest BCUT2D eigenvalue weighted by atomic mass is 19.1. The molecule has 6 heteroatoms. The first kappa shape index (κ1) is 14.9. The second kappa shape index (κ2) is 6.39. The van der Waals surface area contributed by atoms with E-state index in [1.54, 1.807) is 24.5 Å². The number of methoxy groups -OCH3 is 1. The molecule has 5 nitrogen and oxygen atoms in total. The zero-order valence-corrected chi connectivity index (χ0v) is 12.7. The van der Waals surface area contributed by atoms with Crippen molar-refractivity contribution >= 4 is 11.5 Å². The number of ether oxygens (including phenoxy) is 1. The minimum Gasteiger partial charge on any atom is -0.494 e. The van der Waals surface area contributed by atoms with Gasteiger partial charge in [0.2, 0.25) is 0 Å². The molecular formula is C17H15FN4O. The van der Waals surface area contributed by atoms with Crippen molar-refractivity contribution in [3.63, 3.8) is 0 Å². The standard InChI is InChI=1S/C17H15FN4O/c1-11-8-16(21-13-5-6-14(18)15(9-13)23-2)22-17(20-11)12-4-3-7-19-10-12/h3-10H,1-2H3,(H,20,21,22). The van der Waals surface area contributed by atoms with Gasteiger partial charge in [-0.15, -0.1) is 0 Å². The number of halogens is 1. The second-order valence-corrected chi connectivity index (χ2v) is 4.93. The van der Waals surface area contributed by atoms with Crippen LogP contribution in [0.25, 0.3) is 11.4 Å². The maximum atomic E-state index is 13.5. The third-order valence-corrected chi connectivity index (χ3v) is 3.20. The van der Waals surface area contributed by atoms with E-state index in [0.29, 0.717) is 17.3 Å². The van der Waals surface area contributed by atoms with Crippen LogP contribution in [0.4, 0.5) is 15.9 Å². The molecule has 0 aliphatic carbocycles. The Morgan fingerprint density at radius 2 is 2.00 bits per heavy atom. The molecule has 0 atom stereocenters. The van der Waals surface area contributed by atoms with Crippen LogP contribution in [-0.4, -0.2) is 22.1 Å². The van der Waals surface area contributed by atoms with Crippen LogP contribution >= 0.6 is 0 Å². The number of hydrogen-bond donors (Lipinski definition) is 1. The first-order valence-corrected chi connectivity index (χ1v) is 7.02. The molecule has 1 N–H and O–H groups in total. The van der Waals surface area contributed by atoms with Gasteiger partial charge in [-0.1, -0.05) is 0 Å². The minimum atomic E-state index is -0.409. The van der Waals surface area contributed by atoms with Gasteiger partial charge in [-0.3, -0.25) is 4.98 Å². The molecule has 0 fully saturated rings. The zero-order chi connectivity index (χ0) is 16.2. The number of hydrogen-bond acceptors (Lipinski definition) is 5. The number of benzene rings is 1. The number of nitrogens with zero attached hydrogens (tertiary/aromatic N) is 3. The van der Waals surface area contributed by atoms with Crippen LogP contribution in [0.15, 0.2) is 48.8 Å². The minimum absolute atomic E-state index is 0.174. The molecule has 0 unspecified atom stereocenters. The highest BCUT2D eigenvalue weighted by Gasteiger charge is 2.07. The maximum Gasteiger partial charge on any atom is 0.165 e. The topological polar surface area (TPSA) is 59.9 Å². The molecule has 0 aliphatic rings. The predicted molar refractivity (Wildman–Crippen MR) is 86.2 cm³/mol. The Morgan fingerprint density at radius 3 is 2.74 bits per heavy atom. The van der Waals surface area contributed by atoms with Gasteiger partial charge in [0.1, 0.15) is 5.82 Å². The fourth-order valence-corrected chi connectivity index (χ4v) is 2.14. The molecule has 116 valence electrons. The number of aryl methyl sites for hydroxylation is 1. The normalized spacial score (nSPS) is 10.4. The third-order valence-electron chi connectivity index (χ3n) is 3.20. The summed E-state index contributed by atoms with van der Waals surface area (Å²) >= 11 is 0. The number of rotatable bonds is 4. The summed E-state index contributed by atoms with van der Waals surface area (Å²) in [5.74, 6) is 0.959. The summed E-state index contributed by atoms with van der Waals surface area (Å²) in [5.41, 5.74) is 2.32. The molecule has 0 spiro atoms. The van der Waals surface area contributed by atoms with E-state index in [1.807, 2.05) is 25.1 Å². The number of pyridine rings is 1. The summed E-state index contributed by atoms with van der Waals surface area (Å²) in [4.78, 5) is 13.0. The quantitative estimate of drug-likeness (QED) is 0.795. The molecule has 3 rings (SSSR count). The lowest BCUT2D eigenvalue weighted by Gasteiger charge is -2.10. The Morgan fingerprint density at radius 1 is 1.13 bits per heavy atom. The Balaban J connectivity index is 1.93. The molecule has 0 aliphatic heterocycles. The lowest BCUT2D eigenvalue weighted by Crippen LogP contribution is -2.00. The van der Waals surface area contributed by atoms with Crippen molar-refractivity contribution in [1.82, 2.24) is 15.0 Å². The van der Waals surface area contributed by atoms with E-state index < -0.39 is 5.82 Å². The number of nitrogens with one attached hydrogen (secondary N) is 1. The van der Waals surface area contributed by atoms with E-state index in [2.05, 4.69) is 20.3 Å². The molecular weight excluding hydrogens is 295 g/mol. The van der Waals surface area contributed by atoms with Crippen molar-refractivity contribution in [3.05, 3.63) is 60.3 Å². The van der Waals surface area contributed by atoms with Crippen LogP contribution in [0.5, 0.6) is 5.75 Å². The van der Waals surface area contributed by atoms with Crippen LogP contribution in [-0.2, 0) is 0 Å². The molecule has 0 saturated carbocycles. The predicted octanol–water partition coefficient (Wildman–Crippen LogP) is 3.74. The van der Waals surface area contributed by atoms with Gasteiger partial charge in [-0.25, -0.2) is 14.4 Å². The maximum absolute atomic E-state index is 13.5. The molecule has 0 amide bonds. The second-order valence-electron chi connectivity index (χ2n) is 4.93. The van der Waals surface area contributed by atoms with E-state index in [9.17, 15) is 4.39 Å². The van der Waals surface area contributed by atoms with Crippen LogP contribution < -0.4 is 10.1 Å². The molecule has 0 radical (unpaired) electrons. The smallest absolute Gasteiger partial charge is 0.165 e. The molecule has 23 heavy (non-hydrogen) atoms. The van der Waals surface area contributed by atoms with Crippen LogP contribution in [0.2, 0.25) is 0 Å². The number of aromatic nitrogens is 3. The fourth-order valence-electron chi connectivity index (χ4n) is 2.14. The van der Waals surface area contributed by atoms with Crippen molar-refractivity contribution in [1.29, 1.82) is 0 Å². The highest BCUT2D eigenvalue weighted by Crippen LogP contribution is 2.25. The largest absolute Gasteiger partial charge is 0.494 e. The SMILES string of the molecule is COc1cc(Nc2cc(C)nc(-c3cccnc3)n2)ccc1F. The van der Waals surface area contributed by atoms with E-state index in [1.165, 1.54) is 13.2 Å². The monoisotopic (exact) mass is 310 g/mol. The van der Waals surface area contributed by atoms with Gasteiger partial charge in [0.25, 0.3) is 0 Å². The fraction of sp³-hybridized carbons (Fsp3) is 0.118. The van der Waals surface area contributed by atoms with Gasteiger partial charge in [0.15, 0.2) is 17.4 Å². The first-order chi connectivity index (χ1) is 11.2. The molecule has 2 heterocycles. The first-order valence-electron chi connectivity index (χ1n) is 7.02. The molecule has 1 aromatic carbocycles. The zero-order valence-electron chi connectivity index (χ0n) is 12.7. The van der Waals surface area contributed by atoms with Gasteiger partial charge >= 0.3 is 0 Å². The summed E-state index contributed by atoms with van der Waals surface area (Å²) in [5, 5.41) is 3.14. The molecule has 0 bridgehead atoms. The summed E-state index contributed by atoms with van der Waals surface area (Å²) < 4.78 is 18.5. The van der Waals surface area contributed by atoms with E-state index in [4.69, 9.17) is 4.74 Å². The van der Waals surface area contributed by atoms with Crippen LogP contribution in [0, 0.1) is 12.7 Å². The summed E-state index contributed by atoms with van der Waals surface area (Å²) in [6, 6.07) is 10.1. The van der Waals surface area contributed by atoms with Gasteiger partial charge in [-0.05, 0) is 31.2 Å². The Kier molecular flexibility index (Phi) is 4.14. The number of anilines is 2. The average Bonchev–Trinajstić information content (AvgIpc) is 2.57. The van der Waals surface area contributed by atoms with Gasteiger partial charge in [-0.2, -0.15) is 0 Å². The van der Waals surface area contributed by atoms with E-state index in [0.717, 1.165) is 11.3 Å².